The number of hydrogen-bond acceptors (Lipinski definition) is 9. The van der Waals surface area contributed by atoms with Crippen LogP contribution in [0.3, 0.4) is 0 Å². The molecule has 0 spiro atoms. The summed E-state index contributed by atoms with van der Waals surface area (Å²) in [6.07, 6.45) is 5.49. The number of thiazole rings is 1. The van der Waals surface area contributed by atoms with Gasteiger partial charge in [0.1, 0.15) is 16.7 Å². The zero-order valence-corrected chi connectivity index (χ0v) is 32.1. The van der Waals surface area contributed by atoms with E-state index in [9.17, 15) is 18.9 Å². The van der Waals surface area contributed by atoms with Crippen molar-refractivity contribution in [3.05, 3.63) is 22.2 Å². The number of phosphoric ester groups is 1. The van der Waals surface area contributed by atoms with E-state index in [2.05, 4.69) is 60.9 Å². The number of piperazine rings is 1. The molecule has 3 aliphatic heterocycles. The second-order valence-corrected chi connectivity index (χ2v) is 17.4. The Hall–Kier alpha value is -2.63. The molecule has 15 heteroatoms. The van der Waals surface area contributed by atoms with Crippen LogP contribution in [0.15, 0.2) is 11.5 Å². The van der Waals surface area contributed by atoms with Gasteiger partial charge in [-0.05, 0) is 75.7 Å². The molecule has 0 bridgehead atoms. The third-order valence-electron chi connectivity index (χ3n) is 9.07. The zero-order chi connectivity index (χ0) is 36.8. The number of phosphoric acid groups is 1. The van der Waals surface area contributed by atoms with Gasteiger partial charge in [-0.25, -0.2) is 9.55 Å². The van der Waals surface area contributed by atoms with Gasteiger partial charge in [0.2, 0.25) is 5.91 Å². The zero-order valence-electron chi connectivity index (χ0n) is 30.4. The molecular weight excluding hydrogens is 681 g/mol. The van der Waals surface area contributed by atoms with Gasteiger partial charge in [0, 0.05) is 43.1 Å². The minimum Gasteiger partial charge on any atom is -0.334 e. The molecule has 0 saturated carbocycles. The first-order valence-corrected chi connectivity index (χ1v) is 20.0. The first-order chi connectivity index (χ1) is 23.4. The summed E-state index contributed by atoms with van der Waals surface area (Å²) in [4.78, 5) is 76.6. The Morgan fingerprint density at radius 3 is 2.48 bits per heavy atom. The smallest absolute Gasteiger partial charge is 0.334 e. The summed E-state index contributed by atoms with van der Waals surface area (Å²) >= 11 is 1.33. The molecule has 1 aromatic heterocycles. The van der Waals surface area contributed by atoms with E-state index in [0.717, 1.165) is 25.9 Å². The maximum absolute atomic E-state index is 14.3. The van der Waals surface area contributed by atoms with Crippen LogP contribution in [-0.2, 0) is 28.3 Å². The Morgan fingerprint density at radius 1 is 1.16 bits per heavy atom. The number of carbonyl (C=O) groups is 3. The number of hydroxylamine groups is 2. The van der Waals surface area contributed by atoms with Crippen LogP contribution in [-0.4, -0.2) is 109 Å². The Labute approximate surface area is 300 Å². The van der Waals surface area contributed by atoms with Crippen LogP contribution in [0.5, 0.6) is 0 Å². The van der Waals surface area contributed by atoms with Gasteiger partial charge in [0.25, 0.3) is 11.8 Å². The number of amides is 3. The fraction of sp³-hybridized carbons (Fsp3) is 0.714. The van der Waals surface area contributed by atoms with Gasteiger partial charge >= 0.3 is 7.82 Å². The fourth-order valence-corrected chi connectivity index (χ4v) is 7.66. The molecule has 1 aromatic rings. The van der Waals surface area contributed by atoms with E-state index < -0.39 is 32.0 Å². The fourth-order valence-electron chi connectivity index (χ4n) is 6.65. The van der Waals surface area contributed by atoms with E-state index in [-0.39, 0.29) is 42.3 Å². The highest BCUT2D eigenvalue weighted by atomic mass is 32.1. The van der Waals surface area contributed by atoms with Gasteiger partial charge in [-0.3, -0.25) is 23.7 Å². The lowest BCUT2D eigenvalue weighted by Gasteiger charge is -2.55. The van der Waals surface area contributed by atoms with Gasteiger partial charge in [-0.1, -0.05) is 40.5 Å². The summed E-state index contributed by atoms with van der Waals surface area (Å²) in [5.41, 5.74) is 0.299. The molecule has 3 fully saturated rings. The molecule has 13 nitrogen and oxygen atoms in total. The summed E-state index contributed by atoms with van der Waals surface area (Å²) < 4.78 is 15.2. The van der Waals surface area contributed by atoms with Crippen molar-refractivity contribution in [2.45, 2.75) is 124 Å². The molecule has 3 aliphatic rings. The van der Waals surface area contributed by atoms with E-state index in [1.54, 1.807) is 16.4 Å². The highest BCUT2D eigenvalue weighted by Crippen LogP contribution is 2.37. The average Bonchev–Trinajstić information content (AvgIpc) is 3.48. The number of rotatable bonds is 12. The predicted octanol–water partition coefficient (Wildman–Crippen LogP) is 4.65. The largest absolute Gasteiger partial charge is 0.469 e. The van der Waals surface area contributed by atoms with E-state index >= 15 is 0 Å². The summed E-state index contributed by atoms with van der Waals surface area (Å²) in [5, 5.41) is 3.68. The summed E-state index contributed by atoms with van der Waals surface area (Å²) in [7, 11) is -4.46. The van der Waals surface area contributed by atoms with Crippen LogP contribution in [0.1, 0.15) is 104 Å². The van der Waals surface area contributed by atoms with Crippen molar-refractivity contribution < 1.29 is 38.1 Å². The number of likely N-dealkylation sites (tertiary alicyclic amines) is 1. The quantitative estimate of drug-likeness (QED) is 0.134. The van der Waals surface area contributed by atoms with Crippen molar-refractivity contribution in [1.29, 1.82) is 0 Å². The second-order valence-electron chi connectivity index (χ2n) is 15.2. The molecule has 4 rings (SSSR count). The number of hydrogen-bond donors (Lipinski definition) is 2. The number of aromatic nitrogens is 1. The first-order valence-electron chi connectivity index (χ1n) is 17.6. The molecule has 3 atom stereocenters. The van der Waals surface area contributed by atoms with E-state index in [1.165, 1.54) is 22.5 Å². The number of unbranched alkanes of at least 4 members (excludes halogenated alkanes) is 2. The standard InChI is InChI=1S/C35H54N5O8PS/c1-24(2)20-29-34(43)39-28(21-35(5,6)7)33(42)38(27-15-17-37(18-16-27)25(3)4)22-31(39)40(48-29)32(41)14-13-30-36-26(23-50-30)12-10-8-9-11-19-47-49(44,45)46/h13-14,23-25,27-29,31H,8-9,11,15-22H2,1-7H3,(H2,44,45,46)/b14-13+/t28-,29+,31-/m0/s1. The van der Waals surface area contributed by atoms with Crippen LogP contribution in [0, 0.1) is 23.2 Å². The molecule has 0 aliphatic carbocycles. The van der Waals surface area contributed by atoms with E-state index in [4.69, 9.17) is 14.6 Å². The number of fused-ring (bicyclic) bond motifs is 1. The van der Waals surface area contributed by atoms with Crippen molar-refractivity contribution in [2.75, 3.05) is 26.2 Å². The lowest BCUT2D eigenvalue weighted by Crippen LogP contribution is -2.74. The predicted molar refractivity (Wildman–Crippen MR) is 191 cm³/mol. The molecule has 0 aromatic carbocycles. The normalized spacial score (nSPS) is 22.9. The van der Waals surface area contributed by atoms with E-state index in [0.29, 0.717) is 48.8 Å². The summed E-state index contributed by atoms with van der Waals surface area (Å²) in [6, 6.07) is -0.266. The lowest BCUT2D eigenvalue weighted by molar-refractivity contribution is -0.276. The first kappa shape index (κ1) is 40.1. The van der Waals surface area contributed by atoms with Crippen LogP contribution in [0.25, 0.3) is 6.08 Å². The van der Waals surface area contributed by atoms with Crippen LogP contribution in [0.2, 0.25) is 0 Å². The van der Waals surface area contributed by atoms with Gasteiger partial charge in [-0.2, -0.15) is 5.06 Å². The minimum atomic E-state index is -4.46. The number of piperidine rings is 1. The highest BCUT2D eigenvalue weighted by molar-refractivity contribution is 7.46. The van der Waals surface area contributed by atoms with E-state index in [1.807, 2.05) is 18.7 Å². The third kappa shape index (κ3) is 11.2. The van der Waals surface area contributed by atoms with Gasteiger partial charge in [-0.15, -0.1) is 11.3 Å². The topological polar surface area (TPSA) is 153 Å². The molecular formula is C35H54N5O8PS. The van der Waals surface area contributed by atoms with Crippen molar-refractivity contribution >= 4 is 43.0 Å². The van der Waals surface area contributed by atoms with Gasteiger partial charge in [0.05, 0.1) is 13.2 Å². The summed E-state index contributed by atoms with van der Waals surface area (Å²) in [6.45, 7) is 16.5. The van der Waals surface area contributed by atoms with Crippen molar-refractivity contribution in [3.63, 3.8) is 0 Å². The lowest BCUT2D eigenvalue weighted by atomic mass is 9.84. The number of nitrogens with zero attached hydrogens (tertiary/aromatic N) is 5. The minimum absolute atomic E-state index is 0.0148. The van der Waals surface area contributed by atoms with Crippen LogP contribution >= 0.6 is 19.2 Å². The molecule has 3 saturated heterocycles. The molecule has 0 radical (unpaired) electrons. The van der Waals surface area contributed by atoms with Gasteiger partial charge in [0.15, 0.2) is 12.3 Å². The van der Waals surface area contributed by atoms with Crippen molar-refractivity contribution in [1.82, 2.24) is 24.7 Å². The molecule has 0 unspecified atom stereocenters. The summed E-state index contributed by atoms with van der Waals surface area (Å²) in [5.74, 6) is 5.38. The highest BCUT2D eigenvalue weighted by Gasteiger charge is 2.54. The average molecular weight is 736 g/mol. The SMILES string of the molecule is CC(C)C[C@H]1ON(C(=O)/C=C/c2nc(C#CCCCCOP(=O)(O)O)cs2)[C@H]2CN(C3CCN(C(C)C)CC3)C(=O)[C@H](CC(C)(C)C)N2C1=O. The molecule has 2 N–H and O–H groups in total. The van der Waals surface area contributed by atoms with Crippen molar-refractivity contribution in [3.8, 4) is 11.8 Å². The Bertz CT molecular complexity index is 1480. The maximum atomic E-state index is 14.3. The molecule has 4 heterocycles. The Balaban J connectivity index is 1.53. The maximum Gasteiger partial charge on any atom is 0.469 e. The van der Waals surface area contributed by atoms with Crippen molar-refractivity contribution in [2.24, 2.45) is 11.3 Å². The van der Waals surface area contributed by atoms with Crippen LogP contribution in [0.4, 0.5) is 0 Å². The monoisotopic (exact) mass is 735 g/mol. The molecule has 3 amide bonds. The number of carbonyl (C=O) groups excluding carboxylic acids is 3. The molecule has 50 heavy (non-hydrogen) atoms. The Morgan fingerprint density at radius 2 is 1.86 bits per heavy atom. The Kier molecular flexibility index (Phi) is 13.9. The third-order valence-corrected chi connectivity index (χ3v) is 10.4. The van der Waals surface area contributed by atoms with Gasteiger partial charge < -0.3 is 24.5 Å². The van der Waals surface area contributed by atoms with Crippen LogP contribution < -0.4 is 0 Å². The second kappa shape index (κ2) is 17.3. The molecule has 278 valence electrons.